The molecule has 1 aromatic rings. The predicted molar refractivity (Wildman–Crippen MR) is 85.9 cm³/mol. The van der Waals surface area contributed by atoms with Crippen molar-refractivity contribution in [2.75, 3.05) is 6.54 Å². The van der Waals surface area contributed by atoms with Crippen LogP contribution < -0.4 is 5.32 Å². The van der Waals surface area contributed by atoms with E-state index in [9.17, 15) is 0 Å². The molecule has 3 rings (SSSR count). The first-order valence-electron chi connectivity index (χ1n) is 8.59. The summed E-state index contributed by atoms with van der Waals surface area (Å²) in [6, 6.07) is 9.64. The standard InChI is InChI=1S/C19H29N/c1-3-12-20-18(13-15-9-5-4-8-14(15)2)19-16-10-6-7-11-17(16)19/h4-5,8-9,16-20H,3,6-7,10-13H2,1-2H3. The Bertz CT molecular complexity index is 427. The van der Waals surface area contributed by atoms with Crippen LogP contribution in [0.5, 0.6) is 0 Å². The molecule has 0 heterocycles. The maximum absolute atomic E-state index is 3.86. The second kappa shape index (κ2) is 6.30. The van der Waals surface area contributed by atoms with Gasteiger partial charge in [-0.1, -0.05) is 44.0 Å². The van der Waals surface area contributed by atoms with Crippen LogP contribution in [0.15, 0.2) is 24.3 Å². The second-order valence-electron chi connectivity index (χ2n) is 6.88. The Balaban J connectivity index is 1.69. The van der Waals surface area contributed by atoms with Crippen LogP contribution in [0.3, 0.4) is 0 Å². The Labute approximate surface area is 124 Å². The summed E-state index contributed by atoms with van der Waals surface area (Å²) in [6.45, 7) is 5.70. The molecule has 1 N–H and O–H groups in total. The van der Waals surface area contributed by atoms with Gasteiger partial charge in [-0.05, 0) is 68.0 Å². The Morgan fingerprint density at radius 2 is 1.85 bits per heavy atom. The molecule has 110 valence electrons. The number of nitrogens with one attached hydrogen (secondary N) is 1. The third-order valence-corrected chi connectivity index (χ3v) is 5.54. The monoisotopic (exact) mass is 271 g/mol. The molecular formula is C19H29N. The van der Waals surface area contributed by atoms with Gasteiger partial charge in [-0.2, -0.15) is 0 Å². The fraction of sp³-hybridized carbons (Fsp3) is 0.684. The van der Waals surface area contributed by atoms with E-state index in [2.05, 4.69) is 43.4 Å². The highest BCUT2D eigenvalue weighted by Gasteiger charge is 2.53. The van der Waals surface area contributed by atoms with Crippen LogP contribution >= 0.6 is 0 Å². The maximum atomic E-state index is 3.86. The molecule has 0 aromatic heterocycles. The fourth-order valence-corrected chi connectivity index (χ4v) is 4.39. The smallest absolute Gasteiger partial charge is 0.0141 e. The largest absolute Gasteiger partial charge is 0.313 e. The van der Waals surface area contributed by atoms with Gasteiger partial charge >= 0.3 is 0 Å². The van der Waals surface area contributed by atoms with Crippen molar-refractivity contribution in [2.24, 2.45) is 17.8 Å². The van der Waals surface area contributed by atoms with Gasteiger partial charge in [0.2, 0.25) is 0 Å². The summed E-state index contributed by atoms with van der Waals surface area (Å²) in [5.74, 6) is 3.05. The molecule has 0 bridgehead atoms. The van der Waals surface area contributed by atoms with Crippen LogP contribution in [-0.2, 0) is 6.42 Å². The molecule has 2 fully saturated rings. The van der Waals surface area contributed by atoms with Crippen molar-refractivity contribution in [3.8, 4) is 0 Å². The Morgan fingerprint density at radius 1 is 1.15 bits per heavy atom. The molecule has 0 amide bonds. The van der Waals surface area contributed by atoms with E-state index in [1.54, 1.807) is 5.56 Å². The van der Waals surface area contributed by atoms with E-state index in [-0.39, 0.29) is 0 Å². The van der Waals surface area contributed by atoms with Gasteiger partial charge in [-0.15, -0.1) is 0 Å². The molecule has 0 aliphatic heterocycles. The molecule has 1 nitrogen and oxygen atoms in total. The first kappa shape index (κ1) is 14.1. The van der Waals surface area contributed by atoms with E-state index < -0.39 is 0 Å². The van der Waals surface area contributed by atoms with Crippen molar-refractivity contribution in [2.45, 2.75) is 58.4 Å². The quantitative estimate of drug-likeness (QED) is 0.811. The maximum Gasteiger partial charge on any atom is 0.0141 e. The minimum Gasteiger partial charge on any atom is -0.313 e. The van der Waals surface area contributed by atoms with E-state index in [4.69, 9.17) is 0 Å². The van der Waals surface area contributed by atoms with Crippen molar-refractivity contribution >= 4 is 0 Å². The zero-order valence-corrected chi connectivity index (χ0v) is 13.1. The van der Waals surface area contributed by atoms with Crippen LogP contribution in [0, 0.1) is 24.7 Å². The lowest BCUT2D eigenvalue weighted by Gasteiger charge is -2.20. The number of hydrogen-bond donors (Lipinski definition) is 1. The Morgan fingerprint density at radius 3 is 2.50 bits per heavy atom. The summed E-state index contributed by atoms with van der Waals surface area (Å²) >= 11 is 0. The third kappa shape index (κ3) is 2.93. The van der Waals surface area contributed by atoms with Crippen molar-refractivity contribution in [1.29, 1.82) is 0 Å². The first-order valence-corrected chi connectivity index (χ1v) is 8.59. The molecule has 2 aliphatic rings. The lowest BCUT2D eigenvalue weighted by Crippen LogP contribution is -2.35. The normalized spacial score (nSPS) is 29.8. The van der Waals surface area contributed by atoms with Gasteiger partial charge in [0.15, 0.2) is 0 Å². The van der Waals surface area contributed by atoms with Gasteiger partial charge in [0.25, 0.3) is 0 Å². The van der Waals surface area contributed by atoms with Crippen molar-refractivity contribution in [1.82, 2.24) is 5.32 Å². The van der Waals surface area contributed by atoms with E-state index in [1.165, 1.54) is 50.6 Å². The molecule has 0 spiro atoms. The van der Waals surface area contributed by atoms with Gasteiger partial charge in [0, 0.05) is 6.04 Å². The zero-order chi connectivity index (χ0) is 13.9. The van der Waals surface area contributed by atoms with E-state index in [0.717, 1.165) is 17.8 Å². The van der Waals surface area contributed by atoms with Gasteiger partial charge in [0.1, 0.15) is 0 Å². The summed E-state index contributed by atoms with van der Waals surface area (Å²) in [7, 11) is 0. The summed E-state index contributed by atoms with van der Waals surface area (Å²) < 4.78 is 0. The molecule has 3 atom stereocenters. The molecular weight excluding hydrogens is 242 g/mol. The molecule has 2 saturated carbocycles. The SMILES string of the molecule is CCCNC(Cc1ccccc1C)C1C2CCCCC21. The second-order valence-corrected chi connectivity index (χ2v) is 6.88. The number of benzene rings is 1. The van der Waals surface area contributed by atoms with Gasteiger partial charge in [0.05, 0.1) is 0 Å². The van der Waals surface area contributed by atoms with Crippen LogP contribution in [0.2, 0.25) is 0 Å². The fourth-order valence-electron chi connectivity index (χ4n) is 4.39. The highest BCUT2D eigenvalue weighted by Crippen LogP contribution is 2.57. The average molecular weight is 271 g/mol. The van der Waals surface area contributed by atoms with Crippen molar-refractivity contribution in [3.63, 3.8) is 0 Å². The van der Waals surface area contributed by atoms with Crippen LogP contribution in [0.25, 0.3) is 0 Å². The molecule has 0 radical (unpaired) electrons. The summed E-state index contributed by atoms with van der Waals surface area (Å²) in [5, 5.41) is 3.86. The minimum atomic E-state index is 0.712. The summed E-state index contributed by atoms with van der Waals surface area (Å²) in [5.41, 5.74) is 3.00. The molecule has 2 aliphatic carbocycles. The molecule has 20 heavy (non-hydrogen) atoms. The van der Waals surface area contributed by atoms with E-state index in [0.29, 0.717) is 6.04 Å². The number of rotatable bonds is 6. The van der Waals surface area contributed by atoms with Gasteiger partial charge < -0.3 is 5.32 Å². The predicted octanol–water partition coefficient (Wildman–Crippen LogP) is 4.34. The first-order chi connectivity index (χ1) is 9.81. The van der Waals surface area contributed by atoms with Gasteiger partial charge in [-0.25, -0.2) is 0 Å². The Hall–Kier alpha value is -0.820. The van der Waals surface area contributed by atoms with Crippen molar-refractivity contribution < 1.29 is 0 Å². The zero-order valence-electron chi connectivity index (χ0n) is 13.1. The molecule has 1 aromatic carbocycles. The lowest BCUT2D eigenvalue weighted by molar-refractivity contribution is 0.427. The number of aryl methyl sites for hydroxylation is 1. The Kier molecular flexibility index (Phi) is 4.45. The highest BCUT2D eigenvalue weighted by molar-refractivity contribution is 5.27. The lowest BCUT2D eigenvalue weighted by atomic mass is 9.96. The minimum absolute atomic E-state index is 0.712. The van der Waals surface area contributed by atoms with E-state index >= 15 is 0 Å². The van der Waals surface area contributed by atoms with Crippen molar-refractivity contribution in [3.05, 3.63) is 35.4 Å². The average Bonchev–Trinajstić information content (AvgIpc) is 3.20. The highest BCUT2D eigenvalue weighted by atomic mass is 14.9. The molecule has 3 unspecified atom stereocenters. The van der Waals surface area contributed by atoms with Crippen LogP contribution in [-0.4, -0.2) is 12.6 Å². The van der Waals surface area contributed by atoms with Crippen LogP contribution in [0.1, 0.15) is 50.2 Å². The summed E-state index contributed by atoms with van der Waals surface area (Å²) in [6.07, 6.45) is 8.41. The van der Waals surface area contributed by atoms with E-state index in [1.807, 2.05) is 0 Å². The number of fused-ring (bicyclic) bond motifs is 1. The number of hydrogen-bond acceptors (Lipinski definition) is 1. The summed E-state index contributed by atoms with van der Waals surface area (Å²) in [4.78, 5) is 0. The third-order valence-electron chi connectivity index (χ3n) is 5.54. The van der Waals surface area contributed by atoms with Gasteiger partial charge in [-0.3, -0.25) is 0 Å². The molecule has 0 saturated heterocycles. The topological polar surface area (TPSA) is 12.0 Å². The van der Waals surface area contributed by atoms with Crippen LogP contribution in [0.4, 0.5) is 0 Å². The molecule has 1 heteroatoms.